The van der Waals surface area contributed by atoms with E-state index in [0.717, 1.165) is 31.9 Å². The SMILES string of the molecule is C=CC(=O)Nc1ccc(-c2cc(-c3nccs3)ccc2Br)cc1. The fraction of sp³-hybridized carbons (Fsp3) is 0. The topological polar surface area (TPSA) is 42.0 Å². The molecule has 1 amide bonds. The lowest BCUT2D eigenvalue weighted by Crippen LogP contribution is -2.06. The van der Waals surface area contributed by atoms with Gasteiger partial charge in [0, 0.05) is 27.3 Å². The lowest BCUT2D eigenvalue weighted by molar-refractivity contribution is -0.111. The highest BCUT2D eigenvalue weighted by Gasteiger charge is 2.08. The normalized spacial score (nSPS) is 10.3. The van der Waals surface area contributed by atoms with E-state index in [1.165, 1.54) is 6.08 Å². The van der Waals surface area contributed by atoms with Crippen LogP contribution in [0.25, 0.3) is 21.7 Å². The Bertz CT molecular complexity index is 842. The third kappa shape index (κ3) is 3.57. The van der Waals surface area contributed by atoms with E-state index in [9.17, 15) is 4.79 Å². The van der Waals surface area contributed by atoms with E-state index in [1.807, 2.05) is 41.8 Å². The molecule has 0 aliphatic carbocycles. The number of halogens is 1. The molecule has 0 bridgehead atoms. The first-order chi connectivity index (χ1) is 11.2. The highest BCUT2D eigenvalue weighted by atomic mass is 79.9. The van der Waals surface area contributed by atoms with Gasteiger partial charge in [-0.05, 0) is 41.5 Å². The van der Waals surface area contributed by atoms with E-state index >= 15 is 0 Å². The minimum absolute atomic E-state index is 0.218. The zero-order chi connectivity index (χ0) is 16.2. The molecule has 1 N–H and O–H groups in total. The van der Waals surface area contributed by atoms with Crippen molar-refractivity contribution in [3.8, 4) is 21.7 Å². The van der Waals surface area contributed by atoms with Gasteiger partial charge in [0.25, 0.3) is 0 Å². The maximum absolute atomic E-state index is 11.3. The van der Waals surface area contributed by atoms with E-state index in [4.69, 9.17) is 0 Å². The van der Waals surface area contributed by atoms with Gasteiger partial charge in [-0.2, -0.15) is 0 Å². The quantitative estimate of drug-likeness (QED) is 0.614. The summed E-state index contributed by atoms with van der Waals surface area (Å²) in [7, 11) is 0. The lowest BCUT2D eigenvalue weighted by atomic mass is 10.0. The van der Waals surface area contributed by atoms with Crippen LogP contribution < -0.4 is 5.32 Å². The van der Waals surface area contributed by atoms with Crippen LogP contribution in [0.4, 0.5) is 5.69 Å². The van der Waals surface area contributed by atoms with Crippen LogP contribution in [0.2, 0.25) is 0 Å². The number of thiazole rings is 1. The van der Waals surface area contributed by atoms with Crippen molar-refractivity contribution in [1.82, 2.24) is 4.98 Å². The molecule has 0 fully saturated rings. The highest BCUT2D eigenvalue weighted by molar-refractivity contribution is 9.10. The van der Waals surface area contributed by atoms with Crippen molar-refractivity contribution in [3.05, 3.63) is 71.2 Å². The number of hydrogen-bond acceptors (Lipinski definition) is 3. The third-order valence-electron chi connectivity index (χ3n) is 3.29. The summed E-state index contributed by atoms with van der Waals surface area (Å²) in [6, 6.07) is 13.9. The van der Waals surface area contributed by atoms with Gasteiger partial charge in [0.05, 0.1) is 0 Å². The Morgan fingerprint density at radius 1 is 1.17 bits per heavy atom. The number of aromatic nitrogens is 1. The van der Waals surface area contributed by atoms with Gasteiger partial charge in [-0.1, -0.05) is 40.7 Å². The molecule has 3 aromatic rings. The monoisotopic (exact) mass is 384 g/mol. The highest BCUT2D eigenvalue weighted by Crippen LogP contribution is 2.33. The summed E-state index contributed by atoms with van der Waals surface area (Å²) >= 11 is 5.21. The molecular formula is C18H13BrN2OS. The fourth-order valence-corrected chi connectivity index (χ4v) is 3.28. The van der Waals surface area contributed by atoms with Gasteiger partial charge >= 0.3 is 0 Å². The number of rotatable bonds is 4. The lowest BCUT2D eigenvalue weighted by Gasteiger charge is -2.09. The van der Waals surface area contributed by atoms with Gasteiger partial charge in [-0.3, -0.25) is 4.79 Å². The molecule has 3 rings (SSSR count). The Kier molecular flexibility index (Phi) is 4.69. The maximum atomic E-state index is 11.3. The predicted octanol–water partition coefficient (Wildman–Crippen LogP) is 5.36. The maximum Gasteiger partial charge on any atom is 0.247 e. The third-order valence-corrected chi connectivity index (χ3v) is 4.81. The Labute approximate surface area is 146 Å². The molecule has 1 heterocycles. The number of nitrogens with zero attached hydrogens (tertiary/aromatic N) is 1. The summed E-state index contributed by atoms with van der Waals surface area (Å²) in [5.41, 5.74) is 3.97. The van der Waals surface area contributed by atoms with Crippen LogP contribution in [-0.4, -0.2) is 10.9 Å². The van der Waals surface area contributed by atoms with Crippen molar-refractivity contribution in [2.75, 3.05) is 5.32 Å². The van der Waals surface area contributed by atoms with Crippen molar-refractivity contribution >= 4 is 38.9 Å². The van der Waals surface area contributed by atoms with Gasteiger partial charge < -0.3 is 5.32 Å². The molecule has 0 aliphatic rings. The van der Waals surface area contributed by atoms with E-state index in [2.05, 4.69) is 38.9 Å². The van der Waals surface area contributed by atoms with Crippen LogP contribution in [0, 0.1) is 0 Å². The van der Waals surface area contributed by atoms with Gasteiger partial charge in [-0.15, -0.1) is 11.3 Å². The Balaban J connectivity index is 1.93. The average molecular weight is 385 g/mol. The van der Waals surface area contributed by atoms with E-state index in [0.29, 0.717) is 0 Å². The predicted molar refractivity (Wildman–Crippen MR) is 99.5 cm³/mol. The van der Waals surface area contributed by atoms with Crippen LogP contribution in [0.3, 0.4) is 0 Å². The zero-order valence-electron chi connectivity index (χ0n) is 12.1. The van der Waals surface area contributed by atoms with Crippen molar-refractivity contribution in [2.45, 2.75) is 0 Å². The van der Waals surface area contributed by atoms with E-state index in [1.54, 1.807) is 17.5 Å². The van der Waals surface area contributed by atoms with Crippen LogP contribution in [0.15, 0.2) is 71.2 Å². The first kappa shape index (κ1) is 15.6. The molecule has 23 heavy (non-hydrogen) atoms. The van der Waals surface area contributed by atoms with Crippen LogP contribution in [-0.2, 0) is 4.79 Å². The molecule has 1 aromatic heterocycles. The number of hydrogen-bond donors (Lipinski definition) is 1. The van der Waals surface area contributed by atoms with Gasteiger partial charge in [0.1, 0.15) is 5.01 Å². The van der Waals surface area contributed by atoms with Crippen molar-refractivity contribution in [1.29, 1.82) is 0 Å². The van der Waals surface area contributed by atoms with Gasteiger partial charge in [0.15, 0.2) is 0 Å². The number of amides is 1. The molecule has 3 nitrogen and oxygen atoms in total. The average Bonchev–Trinajstić information content (AvgIpc) is 3.10. The van der Waals surface area contributed by atoms with Gasteiger partial charge in [0.2, 0.25) is 5.91 Å². The first-order valence-electron chi connectivity index (χ1n) is 6.90. The van der Waals surface area contributed by atoms with Crippen LogP contribution in [0.1, 0.15) is 0 Å². The Morgan fingerprint density at radius 2 is 1.91 bits per heavy atom. The van der Waals surface area contributed by atoms with Crippen LogP contribution >= 0.6 is 27.3 Å². The second kappa shape index (κ2) is 6.89. The molecule has 0 radical (unpaired) electrons. The molecule has 0 atom stereocenters. The molecule has 0 unspecified atom stereocenters. The van der Waals surface area contributed by atoms with Crippen molar-refractivity contribution in [2.24, 2.45) is 0 Å². The minimum Gasteiger partial charge on any atom is -0.323 e. The standard InChI is InChI=1S/C18H13BrN2OS/c1-2-17(22)21-14-6-3-12(4-7-14)15-11-13(5-8-16(15)19)18-20-9-10-23-18/h2-11H,1H2,(H,21,22). The summed E-state index contributed by atoms with van der Waals surface area (Å²) < 4.78 is 1.01. The van der Waals surface area contributed by atoms with Crippen molar-refractivity contribution < 1.29 is 4.79 Å². The largest absolute Gasteiger partial charge is 0.323 e. The smallest absolute Gasteiger partial charge is 0.247 e. The molecule has 0 saturated carbocycles. The van der Waals surface area contributed by atoms with E-state index < -0.39 is 0 Å². The second-order valence-electron chi connectivity index (χ2n) is 4.80. The summed E-state index contributed by atoms with van der Waals surface area (Å²) in [4.78, 5) is 15.7. The number of benzene rings is 2. The number of carbonyl (C=O) groups is 1. The molecular weight excluding hydrogens is 372 g/mol. The second-order valence-corrected chi connectivity index (χ2v) is 6.55. The molecule has 0 spiro atoms. The molecule has 5 heteroatoms. The summed E-state index contributed by atoms with van der Waals surface area (Å²) in [5.74, 6) is -0.218. The van der Waals surface area contributed by atoms with E-state index in [-0.39, 0.29) is 5.91 Å². The van der Waals surface area contributed by atoms with Crippen LogP contribution in [0.5, 0.6) is 0 Å². The van der Waals surface area contributed by atoms with Crippen molar-refractivity contribution in [3.63, 3.8) is 0 Å². The Morgan fingerprint density at radius 3 is 2.57 bits per heavy atom. The Hall–Kier alpha value is -2.24. The number of carbonyl (C=O) groups excluding carboxylic acids is 1. The van der Waals surface area contributed by atoms with Gasteiger partial charge in [-0.25, -0.2) is 4.98 Å². The summed E-state index contributed by atoms with van der Waals surface area (Å²) in [5, 5.41) is 5.70. The summed E-state index contributed by atoms with van der Waals surface area (Å²) in [6.45, 7) is 3.44. The summed E-state index contributed by atoms with van der Waals surface area (Å²) in [6.07, 6.45) is 3.06. The first-order valence-corrected chi connectivity index (χ1v) is 8.58. The molecule has 0 aliphatic heterocycles. The minimum atomic E-state index is -0.218. The molecule has 0 saturated heterocycles. The number of anilines is 1. The molecule has 114 valence electrons. The zero-order valence-corrected chi connectivity index (χ0v) is 14.5. The fourth-order valence-electron chi connectivity index (χ4n) is 2.17. The molecule has 2 aromatic carbocycles. The number of nitrogens with one attached hydrogen (secondary N) is 1.